The van der Waals surface area contributed by atoms with Crippen LogP contribution in [0.5, 0.6) is 0 Å². The number of carbonyl (C=O) groups is 10. The Morgan fingerprint density at radius 1 is 0.451 bits per heavy atom. The number of hydrogen-bond acceptors (Lipinski definition) is 14. The van der Waals surface area contributed by atoms with E-state index in [1.807, 2.05) is 118 Å². The maximum absolute atomic E-state index is 13.2. The van der Waals surface area contributed by atoms with Gasteiger partial charge in [0, 0.05) is 85.2 Å². The van der Waals surface area contributed by atoms with Crippen molar-refractivity contribution >= 4 is 58.9 Å². The second-order valence-electron chi connectivity index (χ2n) is 28.0. The van der Waals surface area contributed by atoms with Crippen molar-refractivity contribution in [3.63, 3.8) is 0 Å². The van der Waals surface area contributed by atoms with E-state index in [1.165, 1.54) is 6.92 Å². The van der Waals surface area contributed by atoms with Crippen molar-refractivity contribution in [1.29, 1.82) is 0 Å². The number of amides is 7. The molecule has 82 heavy (non-hydrogen) atoms. The number of rotatable bonds is 30. The highest BCUT2D eigenvalue weighted by Gasteiger charge is 2.37. The lowest BCUT2D eigenvalue weighted by Crippen LogP contribution is -2.52. The van der Waals surface area contributed by atoms with E-state index in [0.717, 1.165) is 0 Å². The molecule has 0 heterocycles. The number of ketones is 4. The third kappa shape index (κ3) is 45.5. The average molecular weight is 1170 g/mol. The molecule has 0 radical (unpaired) electrons. The molecule has 0 saturated heterocycles. The first kappa shape index (κ1) is 83.4. The Hall–Kier alpha value is -5.02. The van der Waals surface area contributed by atoms with E-state index in [2.05, 4.69) is 68.6 Å². The summed E-state index contributed by atoms with van der Waals surface area (Å²) in [5.74, 6) is -0.870. The minimum atomic E-state index is -0.587. The molecule has 0 spiro atoms. The summed E-state index contributed by atoms with van der Waals surface area (Å²) in [4.78, 5) is 120. The number of Topliss-reactive ketones (excluding diaryl/α,β-unsaturated/α-hetero) is 4. The van der Waals surface area contributed by atoms with Crippen molar-refractivity contribution in [3.05, 3.63) is 0 Å². The highest BCUT2D eigenvalue weighted by molar-refractivity contribution is 5.94. The van der Waals surface area contributed by atoms with E-state index in [0.29, 0.717) is 44.7 Å². The minimum absolute atomic E-state index is 0. The Kier molecular flexibility index (Phi) is 39.4. The zero-order valence-electron chi connectivity index (χ0n) is 54.8. The van der Waals surface area contributed by atoms with Crippen molar-refractivity contribution in [3.8, 4) is 0 Å². The molecule has 21 nitrogen and oxygen atoms in total. The molecule has 480 valence electrons. The summed E-state index contributed by atoms with van der Waals surface area (Å²) < 4.78 is 5.05. The van der Waals surface area contributed by atoms with Crippen LogP contribution >= 0.6 is 0 Å². The van der Waals surface area contributed by atoms with Crippen LogP contribution in [0.3, 0.4) is 0 Å². The Bertz CT molecular complexity index is 1980. The van der Waals surface area contributed by atoms with Gasteiger partial charge in [-0.15, -0.1) is 0 Å². The van der Waals surface area contributed by atoms with E-state index in [1.54, 1.807) is 20.8 Å². The first-order valence-electron chi connectivity index (χ1n) is 29.0. The lowest BCUT2D eigenvalue weighted by molar-refractivity contribution is -0.135. The maximum atomic E-state index is 13.2. The molecule has 0 aromatic carbocycles. The summed E-state index contributed by atoms with van der Waals surface area (Å²) >= 11 is 0. The zero-order valence-corrected chi connectivity index (χ0v) is 54.8. The number of ether oxygens (including phenoxy) is 1. The summed E-state index contributed by atoms with van der Waals surface area (Å²) in [7, 11) is 0. The molecule has 0 saturated carbocycles. The van der Waals surface area contributed by atoms with Crippen LogP contribution in [0.1, 0.15) is 212 Å². The van der Waals surface area contributed by atoms with Gasteiger partial charge in [-0.1, -0.05) is 83.6 Å². The molecule has 7 amide bonds. The second-order valence-corrected chi connectivity index (χ2v) is 28.0. The predicted molar refractivity (Wildman–Crippen MR) is 330 cm³/mol. The van der Waals surface area contributed by atoms with Crippen molar-refractivity contribution < 1.29 is 52.7 Å². The van der Waals surface area contributed by atoms with Crippen LogP contribution in [0.25, 0.3) is 0 Å². The Balaban J connectivity index is -0.000000553. The van der Waals surface area contributed by atoms with Gasteiger partial charge in [-0.2, -0.15) is 0 Å². The van der Waals surface area contributed by atoms with Crippen LogP contribution in [0, 0.1) is 40.4 Å². The van der Waals surface area contributed by atoms with E-state index in [-0.39, 0.29) is 140 Å². The van der Waals surface area contributed by atoms with Gasteiger partial charge in [0.2, 0.25) is 23.6 Å². The monoisotopic (exact) mass is 1170 g/mol. The molecule has 0 aliphatic carbocycles. The van der Waals surface area contributed by atoms with Gasteiger partial charge in [-0.05, 0) is 127 Å². The van der Waals surface area contributed by atoms with E-state index >= 15 is 0 Å². The van der Waals surface area contributed by atoms with Gasteiger partial charge < -0.3 is 58.3 Å². The SMILES string of the molecule is C.CC(=O)NCCCC(CC(=O)C(NC(C)(C)C)C(C)C)C(=O)C(C)(C)C.CC(C)(C)NCC(=O)NCC(=O)NCC(=O)NCCNC(=O)OC(C)(C)C.CC(C)C(C)C(NC(C)(C)C)C(=O)CC(CCCNC(N)=O)C(=O)C(C)(C)C. The third-order valence-corrected chi connectivity index (χ3v) is 12.1. The molecule has 21 heteroatoms. The van der Waals surface area contributed by atoms with Crippen LogP contribution in [0.4, 0.5) is 9.59 Å². The molecule has 5 unspecified atom stereocenters. The smallest absolute Gasteiger partial charge is 0.407 e. The Labute approximate surface area is 496 Å². The van der Waals surface area contributed by atoms with Crippen LogP contribution in [-0.4, -0.2) is 139 Å². The van der Waals surface area contributed by atoms with Gasteiger partial charge in [0.05, 0.1) is 31.7 Å². The highest BCUT2D eigenvalue weighted by atomic mass is 16.6. The summed E-state index contributed by atoms with van der Waals surface area (Å²) in [6, 6.07) is -1.13. The van der Waals surface area contributed by atoms with Gasteiger partial charge >= 0.3 is 12.1 Å². The Morgan fingerprint density at radius 2 is 0.829 bits per heavy atom. The quantitative estimate of drug-likeness (QED) is 0.0322. The molecule has 0 aliphatic heterocycles. The van der Waals surface area contributed by atoms with Gasteiger partial charge in [0.1, 0.15) is 17.2 Å². The summed E-state index contributed by atoms with van der Waals surface area (Å²) in [5, 5.41) is 25.1. The van der Waals surface area contributed by atoms with Gasteiger partial charge in [0.15, 0.2) is 11.6 Å². The Morgan fingerprint density at radius 3 is 1.18 bits per heavy atom. The second kappa shape index (κ2) is 38.8. The standard InChI is InChI=1S/C22H43N3O3.C21H40N2O3.C17H33N5O5.CH4/c1-14(2)15(3)18(25-22(7,8)9)17(26)13-16(19(27)21(4,5)6)11-10-12-24-20(23)28;1-14(2)18(23-21(7,8)9)17(25)13-16(19(26)20(4,5)6)11-10-12-22-15(3)24;1-16(2,3)22-11-14(25)21-10-13(24)20-9-12(23)18-7-8-19-15(26)27-17(4,5)6;/h14-16,18,25H,10-13H2,1-9H3,(H3,23,24,28);14,16,18,23H,10-13H2,1-9H3,(H,22,24);22H,7-11H2,1-6H3,(H,18,23)(H,19,26)(H,20,24)(H,21,25);1H4. The maximum Gasteiger partial charge on any atom is 0.407 e. The fourth-order valence-corrected chi connectivity index (χ4v) is 7.80. The highest BCUT2D eigenvalue weighted by Crippen LogP contribution is 2.29. The van der Waals surface area contributed by atoms with Crippen LogP contribution in [0.2, 0.25) is 0 Å². The molecule has 0 aromatic rings. The molecular formula is C61H120N10O11. The molecule has 0 aliphatic rings. The van der Waals surface area contributed by atoms with Gasteiger partial charge in [-0.3, -0.25) is 38.4 Å². The fourth-order valence-electron chi connectivity index (χ4n) is 7.80. The fraction of sp³-hybridized carbons (Fsp3) is 0.836. The third-order valence-electron chi connectivity index (χ3n) is 12.1. The molecule has 0 aromatic heterocycles. The van der Waals surface area contributed by atoms with Crippen molar-refractivity contribution in [2.75, 3.05) is 45.8 Å². The van der Waals surface area contributed by atoms with E-state index in [9.17, 15) is 47.9 Å². The number of urea groups is 1. The lowest BCUT2D eigenvalue weighted by atomic mass is 9.76. The summed E-state index contributed by atoms with van der Waals surface area (Å²) in [5.41, 5.74) is 2.95. The first-order valence-corrected chi connectivity index (χ1v) is 29.0. The van der Waals surface area contributed by atoms with Crippen molar-refractivity contribution in [1.82, 2.24) is 47.9 Å². The van der Waals surface area contributed by atoms with Crippen molar-refractivity contribution in [2.24, 2.45) is 46.2 Å². The van der Waals surface area contributed by atoms with Crippen LogP contribution in [0.15, 0.2) is 0 Å². The number of carbonyl (C=O) groups excluding carboxylic acids is 10. The molecule has 0 fully saturated rings. The minimum Gasteiger partial charge on any atom is -0.444 e. The molecule has 0 bridgehead atoms. The van der Waals surface area contributed by atoms with Gasteiger partial charge in [-0.25, -0.2) is 9.59 Å². The molecule has 0 rings (SSSR count). The first-order chi connectivity index (χ1) is 36.5. The normalized spacial score (nSPS) is 13.8. The topological polar surface area (TPSA) is 314 Å². The van der Waals surface area contributed by atoms with Gasteiger partial charge in [0.25, 0.3) is 0 Å². The molecule has 5 atom stereocenters. The van der Waals surface area contributed by atoms with Crippen LogP contribution < -0.4 is 53.6 Å². The number of hydrogen-bond donors (Lipinski definition) is 10. The summed E-state index contributed by atoms with van der Waals surface area (Å²) in [6.07, 6.45) is 2.38. The number of nitrogens with two attached hydrogens (primary N) is 1. The predicted octanol–water partition coefficient (Wildman–Crippen LogP) is 7.06. The number of nitrogens with one attached hydrogen (secondary N) is 9. The summed E-state index contributed by atoms with van der Waals surface area (Å²) in [6.45, 7) is 47.5. The largest absolute Gasteiger partial charge is 0.444 e. The van der Waals surface area contributed by atoms with Crippen molar-refractivity contribution in [2.45, 2.75) is 246 Å². The van der Waals surface area contributed by atoms with E-state index in [4.69, 9.17) is 10.5 Å². The lowest BCUT2D eigenvalue weighted by Gasteiger charge is -2.34. The molecular weight excluding hydrogens is 1050 g/mol. The van der Waals surface area contributed by atoms with Crippen LogP contribution in [-0.2, 0) is 43.1 Å². The van der Waals surface area contributed by atoms with E-state index < -0.39 is 40.4 Å². The number of primary amides is 1. The molecule has 11 N–H and O–H groups in total. The number of alkyl carbamates (subject to hydrolysis) is 1. The zero-order chi connectivity index (χ0) is 64.1. The average Bonchev–Trinajstić information content (AvgIpc) is 3.28.